The minimum atomic E-state index is -0.273. The van der Waals surface area contributed by atoms with Crippen LogP contribution >= 0.6 is 24.8 Å². The second-order valence-corrected chi connectivity index (χ2v) is 4.35. The van der Waals surface area contributed by atoms with Gasteiger partial charge in [-0.05, 0) is 20.8 Å². The molecule has 1 N–H and O–H groups in total. The second-order valence-electron chi connectivity index (χ2n) is 3.19. The third-order valence-corrected chi connectivity index (χ3v) is 1.35. The van der Waals surface area contributed by atoms with E-state index in [9.17, 15) is 4.79 Å². The first-order valence-electron chi connectivity index (χ1n) is 3.34. The number of nitrogens with one attached hydrogen (secondary N) is 1. The van der Waals surface area contributed by atoms with Crippen molar-refractivity contribution >= 4 is 35.0 Å². The van der Waals surface area contributed by atoms with Crippen LogP contribution in [-0.4, -0.2) is 15.6 Å². The molecule has 0 bridgehead atoms. The first kappa shape index (κ1) is 10.9. The van der Waals surface area contributed by atoms with E-state index in [1.54, 1.807) is 6.92 Å². The summed E-state index contributed by atoms with van der Waals surface area (Å²) in [5.74, 6) is 0.145. The predicted molar refractivity (Wildman–Crippen MR) is 54.1 cm³/mol. The van der Waals surface area contributed by atoms with Crippen LogP contribution in [0.15, 0.2) is 0 Å². The average Bonchev–Trinajstić information content (AvgIpc) is 1.53. The van der Waals surface area contributed by atoms with Gasteiger partial charge in [0.2, 0.25) is 0 Å². The normalized spacial score (nSPS) is 10.9. The summed E-state index contributed by atoms with van der Waals surface area (Å²) in [5.41, 5.74) is -0.273. The molecule has 0 saturated heterocycles. The number of hydrogen-bond acceptors (Lipinski definition) is 2. The van der Waals surface area contributed by atoms with E-state index in [1.807, 2.05) is 13.8 Å². The number of thiol groups is 1. The molecule has 64 valence electrons. The molecular weight excluding hydrogens is 178 g/mol. The van der Waals surface area contributed by atoms with E-state index in [-0.39, 0.29) is 11.3 Å². The molecule has 0 heterocycles. The fraction of sp³-hybridized carbons (Fsp3) is 0.714. The summed E-state index contributed by atoms with van der Waals surface area (Å²) >= 11 is 8.66. The molecule has 0 saturated carbocycles. The third kappa shape index (κ3) is 6.31. The van der Waals surface area contributed by atoms with Crippen molar-refractivity contribution < 1.29 is 4.79 Å². The van der Waals surface area contributed by atoms with Crippen LogP contribution in [0.3, 0.4) is 0 Å². The molecular formula is C7H13NOS2. The zero-order chi connectivity index (χ0) is 9.07. The molecule has 2 nitrogen and oxygen atoms in total. The summed E-state index contributed by atoms with van der Waals surface area (Å²) in [6.45, 7) is 5.39. The Kier molecular flexibility index (Phi) is 4.03. The van der Waals surface area contributed by atoms with Crippen LogP contribution in [-0.2, 0) is 4.79 Å². The Labute approximate surface area is 78.2 Å². The summed E-state index contributed by atoms with van der Waals surface area (Å²) in [4.78, 5) is 10.7. The SMILES string of the molecule is CC(=O)CC(C)(C)NC(=S)S. The van der Waals surface area contributed by atoms with Gasteiger partial charge in [-0.2, -0.15) is 0 Å². The number of thiocarbonyl (C=S) groups is 1. The van der Waals surface area contributed by atoms with E-state index >= 15 is 0 Å². The molecule has 11 heavy (non-hydrogen) atoms. The minimum Gasteiger partial charge on any atom is -0.366 e. The summed E-state index contributed by atoms with van der Waals surface area (Å²) in [5, 5.41) is 2.93. The summed E-state index contributed by atoms with van der Waals surface area (Å²) < 4.78 is 0.427. The van der Waals surface area contributed by atoms with Crippen LogP contribution < -0.4 is 5.32 Å². The topological polar surface area (TPSA) is 29.1 Å². The van der Waals surface area contributed by atoms with E-state index in [0.29, 0.717) is 10.7 Å². The molecule has 0 aromatic rings. The highest BCUT2D eigenvalue weighted by atomic mass is 32.1. The van der Waals surface area contributed by atoms with Crippen LogP contribution in [0, 0.1) is 0 Å². The van der Waals surface area contributed by atoms with Crippen LogP contribution in [0.25, 0.3) is 0 Å². The van der Waals surface area contributed by atoms with Gasteiger partial charge in [-0.3, -0.25) is 4.79 Å². The smallest absolute Gasteiger partial charge is 0.132 e. The zero-order valence-electron chi connectivity index (χ0n) is 6.97. The summed E-state index contributed by atoms with van der Waals surface area (Å²) in [6.07, 6.45) is 0.466. The highest BCUT2D eigenvalue weighted by Gasteiger charge is 2.19. The second kappa shape index (κ2) is 4.07. The molecule has 0 radical (unpaired) electrons. The number of ketones is 1. The van der Waals surface area contributed by atoms with Crippen molar-refractivity contribution in [2.75, 3.05) is 0 Å². The first-order valence-corrected chi connectivity index (χ1v) is 4.19. The van der Waals surface area contributed by atoms with Gasteiger partial charge in [-0.1, -0.05) is 12.2 Å². The van der Waals surface area contributed by atoms with Gasteiger partial charge in [0.1, 0.15) is 10.1 Å². The Balaban J connectivity index is 3.99. The highest BCUT2D eigenvalue weighted by molar-refractivity contribution is 8.11. The lowest BCUT2D eigenvalue weighted by atomic mass is 9.99. The maximum absolute atomic E-state index is 10.7. The fourth-order valence-corrected chi connectivity index (χ4v) is 1.53. The first-order chi connectivity index (χ1) is 4.83. The molecule has 0 atom stereocenters. The molecule has 0 rings (SSSR count). The van der Waals surface area contributed by atoms with Gasteiger partial charge in [-0.25, -0.2) is 0 Å². The molecule has 0 amide bonds. The van der Waals surface area contributed by atoms with Gasteiger partial charge < -0.3 is 5.32 Å². The molecule has 0 fully saturated rings. The lowest BCUT2D eigenvalue weighted by Gasteiger charge is -2.24. The van der Waals surface area contributed by atoms with Crippen molar-refractivity contribution in [1.29, 1.82) is 0 Å². The maximum Gasteiger partial charge on any atom is 0.132 e. The van der Waals surface area contributed by atoms with E-state index in [4.69, 9.17) is 12.2 Å². The largest absolute Gasteiger partial charge is 0.366 e. The van der Waals surface area contributed by atoms with Gasteiger partial charge in [0, 0.05) is 12.0 Å². The van der Waals surface area contributed by atoms with E-state index in [2.05, 4.69) is 17.9 Å². The van der Waals surface area contributed by atoms with E-state index in [0.717, 1.165) is 0 Å². The van der Waals surface area contributed by atoms with Crippen molar-refractivity contribution in [3.8, 4) is 0 Å². The van der Waals surface area contributed by atoms with Crippen LogP contribution in [0.5, 0.6) is 0 Å². The van der Waals surface area contributed by atoms with Crippen molar-refractivity contribution in [2.45, 2.75) is 32.7 Å². The Bertz CT molecular complexity index is 159. The Morgan fingerprint density at radius 2 is 2.09 bits per heavy atom. The van der Waals surface area contributed by atoms with Crippen LogP contribution in [0.1, 0.15) is 27.2 Å². The highest BCUT2D eigenvalue weighted by Crippen LogP contribution is 2.09. The number of hydrogen-bond donors (Lipinski definition) is 2. The van der Waals surface area contributed by atoms with E-state index < -0.39 is 0 Å². The molecule has 0 aliphatic rings. The molecule has 4 heteroatoms. The molecule has 0 spiro atoms. The average molecular weight is 191 g/mol. The third-order valence-electron chi connectivity index (χ3n) is 1.14. The quantitative estimate of drug-likeness (QED) is 0.524. The number of carbonyl (C=O) groups is 1. The lowest BCUT2D eigenvalue weighted by molar-refractivity contribution is -0.118. The van der Waals surface area contributed by atoms with Crippen LogP contribution in [0.2, 0.25) is 0 Å². The fourth-order valence-electron chi connectivity index (χ4n) is 0.956. The monoisotopic (exact) mass is 191 g/mol. The zero-order valence-corrected chi connectivity index (χ0v) is 8.68. The molecule has 0 aromatic heterocycles. The van der Waals surface area contributed by atoms with Gasteiger partial charge in [0.05, 0.1) is 0 Å². The van der Waals surface area contributed by atoms with E-state index in [1.165, 1.54) is 0 Å². The molecule has 0 aliphatic carbocycles. The molecule has 0 unspecified atom stereocenters. The Morgan fingerprint density at radius 3 is 2.36 bits per heavy atom. The summed E-state index contributed by atoms with van der Waals surface area (Å²) in [6, 6.07) is 0. The Hall–Kier alpha value is -0.0900. The van der Waals surface area contributed by atoms with Gasteiger partial charge in [0.25, 0.3) is 0 Å². The van der Waals surface area contributed by atoms with Crippen molar-refractivity contribution in [3.63, 3.8) is 0 Å². The Morgan fingerprint density at radius 1 is 1.64 bits per heavy atom. The van der Waals surface area contributed by atoms with Crippen LogP contribution in [0.4, 0.5) is 0 Å². The number of Topliss-reactive ketones (excluding diaryl/α,β-unsaturated/α-hetero) is 1. The minimum absolute atomic E-state index is 0.145. The predicted octanol–water partition coefficient (Wildman–Crippen LogP) is 1.55. The van der Waals surface area contributed by atoms with Crippen molar-refractivity contribution in [1.82, 2.24) is 5.32 Å². The van der Waals surface area contributed by atoms with Gasteiger partial charge in [-0.15, -0.1) is 12.6 Å². The standard InChI is InChI=1S/C7H13NOS2/c1-5(9)4-7(2,3)8-6(10)11/h4H2,1-3H3,(H2,8,10,11). The maximum atomic E-state index is 10.7. The molecule has 0 aliphatic heterocycles. The lowest BCUT2D eigenvalue weighted by Crippen LogP contribution is -2.42. The van der Waals surface area contributed by atoms with Gasteiger partial charge >= 0.3 is 0 Å². The molecule has 0 aromatic carbocycles. The number of carbonyl (C=O) groups excluding carboxylic acids is 1. The number of rotatable bonds is 3. The van der Waals surface area contributed by atoms with Crippen molar-refractivity contribution in [2.24, 2.45) is 0 Å². The summed E-state index contributed by atoms with van der Waals surface area (Å²) in [7, 11) is 0. The van der Waals surface area contributed by atoms with Gasteiger partial charge in [0.15, 0.2) is 0 Å². The van der Waals surface area contributed by atoms with Crippen molar-refractivity contribution in [3.05, 3.63) is 0 Å².